The predicted molar refractivity (Wildman–Crippen MR) is 111 cm³/mol. The van der Waals surface area contributed by atoms with E-state index in [-0.39, 0.29) is 24.9 Å². The van der Waals surface area contributed by atoms with Crippen LogP contribution >= 0.6 is 15.9 Å². The first-order valence-electron chi connectivity index (χ1n) is 8.99. The first-order valence-corrected chi connectivity index (χ1v) is 9.78. The molecular weight excluding hydrogens is 425 g/mol. The van der Waals surface area contributed by atoms with Crippen LogP contribution in [0.3, 0.4) is 0 Å². The van der Waals surface area contributed by atoms with Gasteiger partial charge in [0, 0.05) is 16.6 Å². The summed E-state index contributed by atoms with van der Waals surface area (Å²) in [6.45, 7) is 7.34. The van der Waals surface area contributed by atoms with Crippen molar-refractivity contribution in [1.82, 2.24) is 5.32 Å². The second-order valence-electron chi connectivity index (χ2n) is 7.09. The van der Waals surface area contributed by atoms with Gasteiger partial charge in [-0.15, -0.1) is 6.58 Å². The van der Waals surface area contributed by atoms with Crippen LogP contribution in [0.15, 0.2) is 65.7 Å². The number of amides is 1. The highest BCUT2D eigenvalue weighted by molar-refractivity contribution is 9.10. The Labute approximate surface area is 173 Å². The van der Waals surface area contributed by atoms with Crippen molar-refractivity contribution < 1.29 is 19.0 Å². The smallest absolute Gasteiger partial charge is 0.408 e. The van der Waals surface area contributed by atoms with Crippen LogP contribution in [0.25, 0.3) is 0 Å². The van der Waals surface area contributed by atoms with E-state index < -0.39 is 23.1 Å². The molecule has 0 bridgehead atoms. The van der Waals surface area contributed by atoms with Gasteiger partial charge in [-0.2, -0.15) is 0 Å². The fourth-order valence-corrected chi connectivity index (χ4v) is 3.24. The summed E-state index contributed by atoms with van der Waals surface area (Å²) in [6, 6.07) is 13.6. The van der Waals surface area contributed by atoms with Gasteiger partial charge in [0.2, 0.25) is 0 Å². The van der Waals surface area contributed by atoms with Gasteiger partial charge in [-0.3, -0.25) is 0 Å². The maximum absolute atomic E-state index is 14.1. The second kappa shape index (κ2) is 9.34. The molecule has 28 heavy (non-hydrogen) atoms. The molecule has 0 saturated carbocycles. The number of carbonyl (C=O) groups is 1. The SMILES string of the molecule is C=CCC(O)(CCNC(=O)OC(C)(C)c1ccc(Br)cc1)c1ccccc1F. The van der Waals surface area contributed by atoms with Crippen molar-refractivity contribution in [2.45, 2.75) is 37.9 Å². The summed E-state index contributed by atoms with van der Waals surface area (Å²) in [5, 5.41) is 13.5. The van der Waals surface area contributed by atoms with Gasteiger partial charge in [0.1, 0.15) is 11.4 Å². The average molecular weight is 450 g/mol. The fraction of sp³-hybridized carbons (Fsp3) is 0.318. The lowest BCUT2D eigenvalue weighted by Gasteiger charge is -2.29. The van der Waals surface area contributed by atoms with Crippen LogP contribution in [-0.4, -0.2) is 17.7 Å². The van der Waals surface area contributed by atoms with E-state index in [4.69, 9.17) is 4.74 Å². The number of benzene rings is 2. The van der Waals surface area contributed by atoms with E-state index in [0.29, 0.717) is 0 Å². The summed E-state index contributed by atoms with van der Waals surface area (Å²) in [5.74, 6) is -0.495. The Morgan fingerprint density at radius 2 is 1.89 bits per heavy atom. The lowest BCUT2D eigenvalue weighted by atomic mass is 9.87. The number of alkyl carbamates (subject to hydrolysis) is 1. The standard InChI is InChI=1S/C22H25BrFNO3/c1-4-13-22(27,18-7-5-6-8-19(18)24)14-15-25-20(26)28-21(2,3)16-9-11-17(23)12-10-16/h4-12,27H,1,13-15H2,2-3H3,(H,25,26). The zero-order chi connectivity index (χ0) is 20.8. The van der Waals surface area contributed by atoms with Gasteiger partial charge < -0.3 is 15.2 Å². The third-order valence-corrected chi connectivity index (χ3v) is 5.08. The molecule has 0 fully saturated rings. The van der Waals surface area contributed by atoms with E-state index in [2.05, 4.69) is 27.8 Å². The highest BCUT2D eigenvalue weighted by Crippen LogP contribution is 2.31. The van der Waals surface area contributed by atoms with Crippen LogP contribution in [0, 0.1) is 5.82 Å². The van der Waals surface area contributed by atoms with Crippen molar-refractivity contribution >= 4 is 22.0 Å². The quantitative estimate of drug-likeness (QED) is 0.530. The van der Waals surface area contributed by atoms with Gasteiger partial charge in [0.15, 0.2) is 0 Å². The van der Waals surface area contributed by atoms with E-state index in [1.54, 1.807) is 26.0 Å². The Morgan fingerprint density at radius 1 is 1.25 bits per heavy atom. The van der Waals surface area contributed by atoms with Gasteiger partial charge in [-0.05, 0) is 50.5 Å². The summed E-state index contributed by atoms with van der Waals surface area (Å²) >= 11 is 3.38. The molecule has 2 aromatic rings. The molecule has 0 aromatic heterocycles. The number of halogens is 2. The van der Waals surface area contributed by atoms with Crippen LogP contribution in [-0.2, 0) is 15.9 Å². The summed E-state index contributed by atoms with van der Waals surface area (Å²) < 4.78 is 20.6. The third kappa shape index (κ3) is 5.66. The number of ether oxygens (including phenoxy) is 1. The molecule has 150 valence electrons. The molecule has 2 rings (SSSR count). The molecule has 0 heterocycles. The van der Waals surface area contributed by atoms with E-state index >= 15 is 0 Å². The zero-order valence-electron chi connectivity index (χ0n) is 16.0. The average Bonchev–Trinajstić information content (AvgIpc) is 2.62. The number of hydrogen-bond donors (Lipinski definition) is 2. The van der Waals surface area contributed by atoms with E-state index in [1.807, 2.05) is 24.3 Å². The maximum Gasteiger partial charge on any atom is 0.408 e. The maximum atomic E-state index is 14.1. The lowest BCUT2D eigenvalue weighted by Crippen LogP contribution is -2.37. The Morgan fingerprint density at radius 3 is 2.50 bits per heavy atom. The van der Waals surface area contributed by atoms with Gasteiger partial charge in [-0.25, -0.2) is 9.18 Å². The van der Waals surface area contributed by atoms with Crippen LogP contribution < -0.4 is 5.32 Å². The van der Waals surface area contributed by atoms with E-state index in [0.717, 1.165) is 10.0 Å². The first kappa shape index (κ1) is 22.1. The van der Waals surface area contributed by atoms with Gasteiger partial charge in [-0.1, -0.05) is 52.3 Å². The number of hydrogen-bond acceptors (Lipinski definition) is 3. The molecule has 0 aliphatic rings. The van der Waals surface area contributed by atoms with Gasteiger partial charge in [0.05, 0.1) is 5.60 Å². The number of carbonyl (C=O) groups excluding carboxylic acids is 1. The Hall–Kier alpha value is -2.18. The molecule has 1 unspecified atom stereocenters. The molecule has 0 saturated heterocycles. The summed E-state index contributed by atoms with van der Waals surface area (Å²) in [5.41, 5.74) is -1.25. The van der Waals surface area contributed by atoms with Gasteiger partial charge >= 0.3 is 6.09 Å². The Kier molecular flexibility index (Phi) is 7.38. The molecular formula is C22H25BrFNO3. The number of rotatable bonds is 8. The van der Waals surface area contributed by atoms with Crippen molar-refractivity contribution in [3.8, 4) is 0 Å². The highest BCUT2D eigenvalue weighted by Gasteiger charge is 2.31. The number of aliphatic hydroxyl groups is 1. The number of nitrogens with one attached hydrogen (secondary N) is 1. The van der Waals surface area contributed by atoms with Crippen molar-refractivity contribution in [3.05, 3.63) is 82.6 Å². The first-order chi connectivity index (χ1) is 13.2. The predicted octanol–water partition coefficient (Wildman–Crippen LogP) is 5.40. The topological polar surface area (TPSA) is 58.6 Å². The molecule has 1 amide bonds. The van der Waals surface area contributed by atoms with Crippen molar-refractivity contribution in [3.63, 3.8) is 0 Å². The summed E-state index contributed by atoms with van der Waals surface area (Å²) in [6.07, 6.45) is 1.20. The molecule has 0 aliphatic heterocycles. The molecule has 2 N–H and O–H groups in total. The molecule has 6 heteroatoms. The van der Waals surface area contributed by atoms with Crippen LogP contribution in [0.5, 0.6) is 0 Å². The second-order valence-corrected chi connectivity index (χ2v) is 8.00. The molecule has 4 nitrogen and oxygen atoms in total. The monoisotopic (exact) mass is 449 g/mol. The minimum absolute atomic E-state index is 0.119. The summed E-state index contributed by atoms with van der Waals surface area (Å²) in [4.78, 5) is 12.2. The summed E-state index contributed by atoms with van der Waals surface area (Å²) in [7, 11) is 0. The van der Waals surface area contributed by atoms with E-state index in [1.165, 1.54) is 18.2 Å². The molecule has 0 radical (unpaired) electrons. The van der Waals surface area contributed by atoms with Crippen molar-refractivity contribution in [2.75, 3.05) is 6.54 Å². The highest BCUT2D eigenvalue weighted by atomic mass is 79.9. The molecule has 2 aromatic carbocycles. The van der Waals surface area contributed by atoms with Crippen LogP contribution in [0.2, 0.25) is 0 Å². The van der Waals surface area contributed by atoms with Crippen molar-refractivity contribution in [2.24, 2.45) is 0 Å². The molecule has 0 aliphatic carbocycles. The third-order valence-electron chi connectivity index (χ3n) is 4.55. The Balaban J connectivity index is 1.98. The van der Waals surface area contributed by atoms with Crippen LogP contribution in [0.1, 0.15) is 37.8 Å². The normalized spacial score (nSPS) is 13.5. The molecule has 0 spiro atoms. The van der Waals surface area contributed by atoms with Crippen LogP contribution in [0.4, 0.5) is 9.18 Å². The molecule has 1 atom stereocenters. The minimum atomic E-state index is -1.46. The fourth-order valence-electron chi connectivity index (χ4n) is 2.97. The lowest BCUT2D eigenvalue weighted by molar-refractivity contribution is 0.0204. The van der Waals surface area contributed by atoms with Gasteiger partial charge in [0.25, 0.3) is 0 Å². The zero-order valence-corrected chi connectivity index (χ0v) is 17.6. The largest absolute Gasteiger partial charge is 0.439 e. The minimum Gasteiger partial charge on any atom is -0.439 e. The van der Waals surface area contributed by atoms with E-state index in [9.17, 15) is 14.3 Å². The van der Waals surface area contributed by atoms with Crippen molar-refractivity contribution in [1.29, 1.82) is 0 Å². The Bertz CT molecular complexity index is 823.